The third-order valence-corrected chi connectivity index (χ3v) is 16.9. The summed E-state index contributed by atoms with van der Waals surface area (Å²) >= 11 is 5.99. The van der Waals surface area contributed by atoms with Gasteiger partial charge in [0.2, 0.25) is 0 Å². The molecular weight excluding hydrogens is 1350 g/mol. The van der Waals surface area contributed by atoms with Gasteiger partial charge in [0, 0.05) is 94.3 Å². The van der Waals surface area contributed by atoms with Crippen LogP contribution in [0.3, 0.4) is 0 Å². The summed E-state index contributed by atoms with van der Waals surface area (Å²) in [7, 11) is 0. The van der Waals surface area contributed by atoms with E-state index in [9.17, 15) is 30.6 Å². The van der Waals surface area contributed by atoms with Gasteiger partial charge in [-0.2, -0.15) is 0 Å². The number of nitrogens with zero attached hydrogens (tertiary/aromatic N) is 3. The fourth-order valence-corrected chi connectivity index (χ4v) is 10.6. The number of rotatable bonds is 17. The molecular formula is C93H97ClN6O7. The van der Waals surface area contributed by atoms with Gasteiger partial charge >= 0.3 is 0 Å². The number of para-hydroxylation sites is 2. The van der Waals surface area contributed by atoms with Gasteiger partial charge in [-0.05, 0) is 209 Å². The van der Waals surface area contributed by atoms with E-state index in [1.807, 2.05) is 229 Å². The van der Waals surface area contributed by atoms with Crippen LogP contribution in [0.15, 0.2) is 276 Å². The summed E-state index contributed by atoms with van der Waals surface area (Å²) in [6.45, 7) is 22.6. The van der Waals surface area contributed by atoms with E-state index in [2.05, 4.69) is 95.7 Å². The minimum atomic E-state index is 0.0304. The molecule has 0 saturated heterocycles. The van der Waals surface area contributed by atoms with Crippen molar-refractivity contribution in [3.63, 3.8) is 0 Å². The molecule has 0 atom stereocenters. The van der Waals surface area contributed by atoms with Gasteiger partial charge in [-0.3, -0.25) is 15.0 Å². The van der Waals surface area contributed by atoms with Crippen molar-refractivity contribution in [2.45, 2.75) is 107 Å². The smallest absolute Gasteiger partial charge is 0.124 e. The molecule has 0 fully saturated rings. The van der Waals surface area contributed by atoms with E-state index < -0.39 is 0 Å². The lowest BCUT2D eigenvalue weighted by Gasteiger charge is -2.18. The summed E-state index contributed by atoms with van der Waals surface area (Å²) in [5.74, 6) is 4.30. The van der Waals surface area contributed by atoms with Crippen LogP contribution in [0.1, 0.15) is 117 Å². The van der Waals surface area contributed by atoms with Crippen molar-refractivity contribution in [1.82, 2.24) is 0 Å². The number of benzene rings is 12. The Balaban J connectivity index is 0.000000179. The molecule has 0 heterocycles. The van der Waals surface area contributed by atoms with Crippen LogP contribution >= 0.6 is 11.6 Å². The second-order valence-electron chi connectivity index (χ2n) is 26.6. The van der Waals surface area contributed by atoms with Crippen molar-refractivity contribution >= 4 is 64.4 Å². The van der Waals surface area contributed by atoms with Crippen LogP contribution < -0.4 is 16.0 Å². The highest BCUT2D eigenvalue weighted by Crippen LogP contribution is 2.29. The maximum atomic E-state index is 9.84. The lowest BCUT2D eigenvalue weighted by Crippen LogP contribution is -2.10. The van der Waals surface area contributed by atoms with Gasteiger partial charge in [-0.25, -0.2) is 0 Å². The van der Waals surface area contributed by atoms with Crippen LogP contribution in [0, 0.1) is 53.9 Å². The summed E-state index contributed by atoms with van der Waals surface area (Å²) in [4.78, 5) is 13.0. The quantitative estimate of drug-likeness (QED) is 0.0307. The number of anilines is 3. The summed E-state index contributed by atoms with van der Waals surface area (Å²) in [6, 6.07) is 81.9. The number of phenols is 6. The van der Waals surface area contributed by atoms with Crippen LogP contribution in [0.2, 0.25) is 5.02 Å². The number of halogens is 1. The Bertz CT molecular complexity index is 4960. The number of phenolic OH excluding ortho intramolecular Hbond substituents is 6. The van der Waals surface area contributed by atoms with Crippen molar-refractivity contribution < 1.29 is 35.7 Å². The first-order valence-corrected chi connectivity index (χ1v) is 35.6. The summed E-state index contributed by atoms with van der Waals surface area (Å²) < 4.78 is 0. The van der Waals surface area contributed by atoms with Crippen LogP contribution in [-0.4, -0.2) is 54.4 Å². The van der Waals surface area contributed by atoms with E-state index in [1.165, 1.54) is 16.7 Å². The van der Waals surface area contributed by atoms with E-state index in [0.29, 0.717) is 58.7 Å². The van der Waals surface area contributed by atoms with Crippen molar-refractivity contribution in [2.75, 3.05) is 16.0 Å². The number of aryl methyl sites for hydroxylation is 7. The lowest BCUT2D eigenvalue weighted by atomic mass is 9.87. The zero-order valence-electron chi connectivity index (χ0n) is 62.5. The number of aliphatic hydroxyl groups excluding tert-OH is 1. The minimum absolute atomic E-state index is 0.0304. The van der Waals surface area contributed by atoms with Gasteiger partial charge in [0.05, 0.1) is 28.7 Å². The molecule has 10 N–H and O–H groups in total. The maximum Gasteiger partial charge on any atom is 0.124 e. The fourth-order valence-electron chi connectivity index (χ4n) is 10.4. The Kier molecular flexibility index (Phi) is 32.0. The normalized spacial score (nSPS) is 10.7. The number of terminal acetylenes is 1. The molecule has 12 rings (SSSR count). The van der Waals surface area contributed by atoms with Crippen LogP contribution in [-0.2, 0) is 38.1 Å². The standard InChI is InChI=1S/C18H21NO.C17H17NO.C15H15NO2.C15H17NO.C14H12ClNO.C14H15NO/c1-13-8-9-17(20)14(10-13)12-19-16-7-5-6-15(11-16)18(2,3)4;1-3-13-6-5-7-16(11-13)18-12-15-10-14(4-2)8-9-17(15)19;1-11-2-7-15(18)13(8-11)9-16-14-5-3-12(10-17)4-6-14;1-11-4-3-5-14(9-11)16-10-13-8-12(2)6-7-15(13)17;1-10-6-7-14(17)11(8-10)9-16-13-5-3-2-4-12(13)15;1-11-7-8-14(16)12(9-11)10-15-13-5-3-2-4-6-13/h5-12,20H,1-4H3;1,5-11,18-19H,4,12H2,2H3;2-9,17-18H,10H2,1H3;3-9,16-17H,10H2,1-2H3;2-9,17H,1H3;2-9,15-16H,10H2,1H3. The van der Waals surface area contributed by atoms with Crippen LogP contribution in [0.5, 0.6) is 34.5 Å². The van der Waals surface area contributed by atoms with Crippen molar-refractivity contribution in [3.8, 4) is 46.8 Å². The minimum Gasteiger partial charge on any atom is -0.508 e. The number of nitrogens with one attached hydrogen (secondary N) is 3. The number of aromatic hydroxyl groups is 6. The molecule has 0 spiro atoms. The number of aliphatic hydroxyl groups is 1. The molecule has 548 valence electrons. The first kappa shape index (κ1) is 82.0. The van der Waals surface area contributed by atoms with Gasteiger partial charge in [-0.1, -0.05) is 200 Å². The van der Waals surface area contributed by atoms with Crippen molar-refractivity contribution in [3.05, 3.63) is 355 Å². The Morgan fingerprint density at radius 2 is 0.794 bits per heavy atom. The van der Waals surface area contributed by atoms with E-state index >= 15 is 0 Å². The molecule has 12 aromatic carbocycles. The second-order valence-corrected chi connectivity index (χ2v) is 27.0. The van der Waals surface area contributed by atoms with Gasteiger partial charge < -0.3 is 51.7 Å². The van der Waals surface area contributed by atoms with Gasteiger partial charge in [-0.15, -0.1) is 6.42 Å². The third-order valence-electron chi connectivity index (χ3n) is 16.6. The molecule has 0 aliphatic carbocycles. The van der Waals surface area contributed by atoms with Crippen molar-refractivity contribution in [1.29, 1.82) is 0 Å². The molecule has 0 unspecified atom stereocenters. The second kappa shape index (κ2) is 41.8. The maximum absolute atomic E-state index is 9.84. The molecule has 0 saturated carbocycles. The molecule has 0 aliphatic rings. The Morgan fingerprint density at radius 3 is 1.29 bits per heavy atom. The first-order valence-electron chi connectivity index (χ1n) is 35.2. The highest BCUT2D eigenvalue weighted by molar-refractivity contribution is 6.33. The van der Waals surface area contributed by atoms with Crippen LogP contribution in [0.25, 0.3) is 0 Å². The predicted octanol–water partition coefficient (Wildman–Crippen LogP) is 22.3. The average Bonchev–Trinajstić information content (AvgIpc) is 0.878. The van der Waals surface area contributed by atoms with E-state index in [4.69, 9.17) is 23.1 Å². The monoisotopic (exact) mass is 1440 g/mol. The first-order chi connectivity index (χ1) is 51.3. The van der Waals surface area contributed by atoms with Gasteiger partial charge in [0.25, 0.3) is 0 Å². The Labute approximate surface area is 636 Å². The summed E-state index contributed by atoms with van der Waals surface area (Å²) in [5.41, 5.74) is 21.4. The van der Waals surface area contributed by atoms with Crippen molar-refractivity contribution in [2.24, 2.45) is 15.0 Å². The molecule has 14 heteroatoms. The van der Waals surface area contributed by atoms with E-state index in [1.54, 1.807) is 61.1 Å². The molecule has 0 bridgehead atoms. The predicted molar refractivity (Wildman–Crippen MR) is 446 cm³/mol. The molecule has 107 heavy (non-hydrogen) atoms. The molecule has 0 aliphatic heterocycles. The fraction of sp³-hybridized carbons (Fsp3) is 0.172. The summed E-state index contributed by atoms with van der Waals surface area (Å²) in [6.07, 6.45) is 11.3. The topological polar surface area (TPSA) is 215 Å². The zero-order chi connectivity index (χ0) is 77.3. The van der Waals surface area contributed by atoms with Gasteiger partial charge in [0.15, 0.2) is 0 Å². The Morgan fingerprint density at radius 1 is 0.383 bits per heavy atom. The van der Waals surface area contributed by atoms with E-state index in [-0.39, 0.29) is 29.3 Å². The Hall–Kier alpha value is -12.3. The highest BCUT2D eigenvalue weighted by atomic mass is 35.5. The third kappa shape index (κ3) is 28.3. The van der Waals surface area contributed by atoms with Gasteiger partial charge in [0.1, 0.15) is 34.5 Å². The number of aliphatic imine (C=N–C) groups is 3. The average molecular weight is 1450 g/mol. The van der Waals surface area contributed by atoms with E-state index in [0.717, 1.165) is 96.1 Å². The largest absolute Gasteiger partial charge is 0.508 e. The SMILES string of the molecule is C#Cc1cccc(NCc2cc(CC)ccc2O)c1.Cc1ccc(O)c(C=Nc2ccc(CO)cc2)c1.Cc1ccc(O)c(C=Nc2cccc(C(C)(C)C)c2)c1.Cc1ccc(O)c(C=Nc2ccccc2Cl)c1.Cc1ccc(O)c(CNc2ccccc2)c1.Cc1cccc(NCc2cc(C)ccc2O)c1. The van der Waals surface area contributed by atoms with Crippen LogP contribution in [0.4, 0.5) is 34.1 Å². The molecule has 12 aromatic rings. The summed E-state index contributed by atoms with van der Waals surface area (Å²) in [5, 5.41) is 77.7. The number of hydrogen-bond acceptors (Lipinski definition) is 13. The highest BCUT2D eigenvalue weighted by Gasteiger charge is 2.14. The lowest BCUT2D eigenvalue weighted by molar-refractivity contribution is 0.282. The molecule has 0 aromatic heterocycles. The zero-order valence-corrected chi connectivity index (χ0v) is 63.3. The molecule has 13 nitrogen and oxygen atoms in total. The molecule has 0 radical (unpaired) electrons. The molecule has 0 amide bonds. The number of hydrogen-bond donors (Lipinski definition) is 10.